The Morgan fingerprint density at radius 1 is 1.57 bits per heavy atom. The van der Waals surface area contributed by atoms with Crippen LogP contribution in [0.3, 0.4) is 0 Å². The summed E-state index contributed by atoms with van der Waals surface area (Å²) in [5.41, 5.74) is 6.42. The minimum Gasteiger partial charge on any atom is -0.394 e. The summed E-state index contributed by atoms with van der Waals surface area (Å²) in [7, 11) is 0. The van der Waals surface area contributed by atoms with Crippen molar-refractivity contribution in [1.29, 1.82) is 0 Å². The van der Waals surface area contributed by atoms with E-state index >= 15 is 0 Å². The molecule has 1 atom stereocenters. The summed E-state index contributed by atoms with van der Waals surface area (Å²) in [6.45, 7) is 5.99. The number of hydrogen-bond acceptors (Lipinski definition) is 4. The lowest BCUT2D eigenvalue weighted by Crippen LogP contribution is -2.53. The summed E-state index contributed by atoms with van der Waals surface area (Å²) in [5.74, 6) is -0.401. The second-order valence-corrected chi connectivity index (χ2v) is 6.47. The largest absolute Gasteiger partial charge is 0.394 e. The van der Waals surface area contributed by atoms with Crippen LogP contribution in [-0.4, -0.2) is 46.4 Å². The molecule has 0 saturated carbocycles. The number of benzene rings is 1. The molecule has 1 saturated heterocycles. The van der Waals surface area contributed by atoms with Crippen molar-refractivity contribution in [3.8, 4) is 0 Å². The molecule has 1 aliphatic rings. The molecule has 2 rings (SSSR count). The van der Waals surface area contributed by atoms with Crippen molar-refractivity contribution < 1.29 is 14.2 Å². The van der Waals surface area contributed by atoms with Gasteiger partial charge in [-0.25, -0.2) is 4.39 Å². The van der Waals surface area contributed by atoms with Gasteiger partial charge in [-0.15, -0.1) is 0 Å². The first kappa shape index (κ1) is 16.3. The van der Waals surface area contributed by atoms with Crippen LogP contribution in [0.5, 0.6) is 0 Å². The van der Waals surface area contributed by atoms with Crippen LogP contribution in [0.15, 0.2) is 18.2 Å². The smallest absolute Gasteiger partial charge is 0.133 e. The number of halogens is 1. The lowest BCUT2D eigenvalue weighted by atomic mass is 10.0. The maximum atomic E-state index is 13.6. The van der Waals surface area contributed by atoms with E-state index in [4.69, 9.17) is 22.7 Å². The molecule has 1 aromatic rings. The lowest BCUT2D eigenvalue weighted by molar-refractivity contribution is -0.150. The van der Waals surface area contributed by atoms with Crippen LogP contribution in [-0.2, 0) is 11.3 Å². The van der Waals surface area contributed by atoms with Crippen LogP contribution in [0.4, 0.5) is 4.39 Å². The Balaban J connectivity index is 2.14. The first-order chi connectivity index (χ1) is 9.80. The highest BCUT2D eigenvalue weighted by molar-refractivity contribution is 7.80. The maximum absolute atomic E-state index is 13.6. The number of hydrogen-bond donors (Lipinski definition) is 2. The molecule has 116 valence electrons. The molecule has 0 aliphatic carbocycles. The molecule has 6 heteroatoms. The zero-order valence-electron chi connectivity index (χ0n) is 12.3. The van der Waals surface area contributed by atoms with Crippen LogP contribution in [0.25, 0.3) is 0 Å². The second kappa shape index (κ2) is 6.36. The van der Waals surface area contributed by atoms with E-state index in [-0.39, 0.29) is 28.9 Å². The molecule has 1 heterocycles. The number of nitrogens with two attached hydrogens (primary N) is 1. The van der Waals surface area contributed by atoms with E-state index in [1.165, 1.54) is 6.07 Å². The fourth-order valence-corrected chi connectivity index (χ4v) is 2.91. The van der Waals surface area contributed by atoms with Crippen molar-refractivity contribution in [2.45, 2.75) is 32.1 Å². The maximum Gasteiger partial charge on any atom is 0.133 e. The van der Waals surface area contributed by atoms with E-state index in [2.05, 4.69) is 4.90 Å². The topological polar surface area (TPSA) is 58.7 Å². The number of ether oxygens (including phenoxy) is 1. The van der Waals surface area contributed by atoms with Crippen LogP contribution in [0.2, 0.25) is 0 Å². The molecule has 0 spiro atoms. The number of morpholine rings is 1. The molecule has 3 N–H and O–H groups in total. The van der Waals surface area contributed by atoms with E-state index in [1.807, 2.05) is 13.8 Å². The Morgan fingerprint density at radius 2 is 2.29 bits per heavy atom. The molecule has 0 aromatic heterocycles. The second-order valence-electron chi connectivity index (χ2n) is 6.03. The SMILES string of the molecule is CC1(C)CN(Cc2ccc(F)c(C(N)=S)c2)CC(CO)O1. The summed E-state index contributed by atoms with van der Waals surface area (Å²) in [4.78, 5) is 2.24. The summed E-state index contributed by atoms with van der Waals surface area (Å²) in [6.07, 6.45) is -0.204. The van der Waals surface area contributed by atoms with Crippen LogP contribution in [0, 0.1) is 5.82 Å². The Kier molecular flexibility index (Phi) is 4.93. The first-order valence-corrected chi connectivity index (χ1v) is 7.31. The van der Waals surface area contributed by atoms with Crippen LogP contribution in [0.1, 0.15) is 25.0 Å². The number of rotatable bonds is 4. The quantitative estimate of drug-likeness (QED) is 0.824. The van der Waals surface area contributed by atoms with E-state index in [1.54, 1.807) is 12.1 Å². The van der Waals surface area contributed by atoms with Gasteiger partial charge in [0.2, 0.25) is 0 Å². The molecule has 0 radical (unpaired) electrons. The van der Waals surface area contributed by atoms with E-state index < -0.39 is 5.82 Å². The van der Waals surface area contributed by atoms with Gasteiger partial charge < -0.3 is 15.6 Å². The summed E-state index contributed by atoms with van der Waals surface area (Å²) < 4.78 is 19.4. The lowest BCUT2D eigenvalue weighted by Gasteiger charge is -2.42. The molecule has 1 unspecified atom stereocenters. The fraction of sp³-hybridized carbons (Fsp3) is 0.533. The van der Waals surface area contributed by atoms with Gasteiger partial charge in [-0.3, -0.25) is 4.90 Å². The molecule has 4 nitrogen and oxygen atoms in total. The minimum absolute atomic E-state index is 0.0124. The molecule has 0 bridgehead atoms. The summed E-state index contributed by atoms with van der Waals surface area (Å²) >= 11 is 4.86. The number of thiocarbonyl (C=S) groups is 1. The van der Waals surface area contributed by atoms with Crippen molar-refractivity contribution in [1.82, 2.24) is 4.90 Å². The summed E-state index contributed by atoms with van der Waals surface area (Å²) in [6, 6.07) is 4.81. The highest BCUT2D eigenvalue weighted by Crippen LogP contribution is 2.23. The van der Waals surface area contributed by atoms with Gasteiger partial charge in [-0.2, -0.15) is 0 Å². The minimum atomic E-state index is -0.401. The number of nitrogens with zero attached hydrogens (tertiary/aromatic N) is 1. The molecule has 1 fully saturated rings. The zero-order chi connectivity index (χ0) is 15.6. The van der Waals surface area contributed by atoms with Gasteiger partial charge in [0, 0.05) is 25.2 Å². The standard InChI is InChI=1S/C15H21FN2O2S/c1-15(2)9-18(7-11(8-19)20-15)6-10-3-4-13(16)12(5-10)14(17)21/h3-5,11,19H,6-9H2,1-2H3,(H2,17,21). The molecule has 1 aliphatic heterocycles. The average molecular weight is 312 g/mol. The third-order valence-electron chi connectivity index (χ3n) is 3.46. The van der Waals surface area contributed by atoms with Gasteiger partial charge >= 0.3 is 0 Å². The van der Waals surface area contributed by atoms with Gasteiger partial charge in [0.1, 0.15) is 10.8 Å². The van der Waals surface area contributed by atoms with Crippen LogP contribution < -0.4 is 5.73 Å². The molecule has 0 amide bonds. The normalized spacial score (nSPS) is 22.2. The molecule has 21 heavy (non-hydrogen) atoms. The molecular weight excluding hydrogens is 291 g/mol. The van der Waals surface area contributed by atoms with Gasteiger partial charge in [0.05, 0.1) is 18.3 Å². The fourth-order valence-electron chi connectivity index (χ4n) is 2.75. The van der Waals surface area contributed by atoms with Gasteiger partial charge in [0.25, 0.3) is 0 Å². The van der Waals surface area contributed by atoms with Crippen molar-refractivity contribution >= 4 is 17.2 Å². The molecule has 1 aromatic carbocycles. The van der Waals surface area contributed by atoms with Crippen molar-refractivity contribution in [2.75, 3.05) is 19.7 Å². The first-order valence-electron chi connectivity index (χ1n) is 6.90. The Bertz CT molecular complexity index is 536. The van der Waals surface area contributed by atoms with E-state index in [0.717, 1.165) is 12.1 Å². The van der Waals surface area contributed by atoms with Crippen molar-refractivity contribution in [2.24, 2.45) is 5.73 Å². The Morgan fingerprint density at radius 3 is 2.90 bits per heavy atom. The summed E-state index contributed by atoms with van der Waals surface area (Å²) in [5, 5.41) is 9.33. The predicted molar refractivity (Wildman–Crippen MR) is 83.6 cm³/mol. The van der Waals surface area contributed by atoms with Gasteiger partial charge in [0.15, 0.2) is 0 Å². The van der Waals surface area contributed by atoms with Crippen molar-refractivity contribution in [3.63, 3.8) is 0 Å². The third kappa shape index (κ3) is 4.20. The van der Waals surface area contributed by atoms with E-state index in [0.29, 0.717) is 13.1 Å². The predicted octanol–water partition coefficient (Wildman–Crippen LogP) is 1.43. The van der Waals surface area contributed by atoms with Crippen molar-refractivity contribution in [3.05, 3.63) is 35.1 Å². The Hall–Kier alpha value is -1.08. The highest BCUT2D eigenvalue weighted by atomic mass is 32.1. The highest BCUT2D eigenvalue weighted by Gasteiger charge is 2.32. The molecular formula is C15H21FN2O2S. The van der Waals surface area contributed by atoms with E-state index in [9.17, 15) is 9.50 Å². The van der Waals surface area contributed by atoms with Gasteiger partial charge in [-0.1, -0.05) is 18.3 Å². The Labute approximate surface area is 129 Å². The third-order valence-corrected chi connectivity index (χ3v) is 3.68. The monoisotopic (exact) mass is 312 g/mol. The average Bonchev–Trinajstić information content (AvgIpc) is 2.38. The number of aliphatic hydroxyl groups excluding tert-OH is 1. The number of aliphatic hydroxyl groups is 1. The van der Waals surface area contributed by atoms with Crippen LogP contribution >= 0.6 is 12.2 Å². The zero-order valence-corrected chi connectivity index (χ0v) is 13.1. The van der Waals surface area contributed by atoms with Gasteiger partial charge in [-0.05, 0) is 31.5 Å².